The third kappa shape index (κ3) is 3.93. The van der Waals surface area contributed by atoms with E-state index in [-0.39, 0.29) is 0 Å². The summed E-state index contributed by atoms with van der Waals surface area (Å²) in [5, 5.41) is 11.0. The van der Waals surface area contributed by atoms with E-state index in [4.69, 9.17) is 10.1 Å². The Labute approximate surface area is 157 Å². The molecule has 0 spiro atoms. The zero-order valence-electron chi connectivity index (χ0n) is 14.8. The van der Waals surface area contributed by atoms with Crippen molar-refractivity contribution in [3.63, 3.8) is 0 Å². The second kappa shape index (κ2) is 7.92. The molecular formula is C20H20N6O. The van der Waals surface area contributed by atoms with Crippen LogP contribution in [0.15, 0.2) is 55.1 Å². The summed E-state index contributed by atoms with van der Waals surface area (Å²) in [5.41, 5.74) is 3.65. The fourth-order valence-electron chi connectivity index (χ4n) is 3.02. The molecule has 7 nitrogen and oxygen atoms in total. The van der Waals surface area contributed by atoms with Crippen molar-refractivity contribution >= 4 is 23.5 Å². The van der Waals surface area contributed by atoms with Crippen LogP contribution in [0.2, 0.25) is 0 Å². The van der Waals surface area contributed by atoms with Crippen molar-refractivity contribution in [3.05, 3.63) is 60.7 Å². The molecule has 1 aliphatic heterocycles. The largest absolute Gasteiger partial charge is 0.378 e. The van der Waals surface area contributed by atoms with E-state index in [1.54, 1.807) is 12.5 Å². The van der Waals surface area contributed by atoms with E-state index < -0.39 is 0 Å². The van der Waals surface area contributed by atoms with Crippen LogP contribution in [0, 0.1) is 5.41 Å². The Kier molecular flexibility index (Phi) is 5.02. The maximum atomic E-state index is 7.70. The van der Waals surface area contributed by atoms with Crippen LogP contribution in [0.3, 0.4) is 0 Å². The number of nitrogens with one attached hydrogen (secondary N) is 2. The van der Waals surface area contributed by atoms with Gasteiger partial charge in [-0.3, -0.25) is 4.98 Å². The molecule has 1 fully saturated rings. The number of anilines is 3. The molecule has 1 saturated heterocycles. The molecule has 0 amide bonds. The van der Waals surface area contributed by atoms with Crippen LogP contribution in [-0.2, 0) is 4.74 Å². The zero-order chi connectivity index (χ0) is 18.5. The first kappa shape index (κ1) is 17.1. The quantitative estimate of drug-likeness (QED) is 0.680. The third-order valence-electron chi connectivity index (χ3n) is 4.45. The summed E-state index contributed by atoms with van der Waals surface area (Å²) >= 11 is 0. The summed E-state index contributed by atoms with van der Waals surface area (Å²) in [6.07, 6.45) is 6.47. The van der Waals surface area contributed by atoms with Gasteiger partial charge in [-0.2, -0.15) is 0 Å². The van der Waals surface area contributed by atoms with Crippen LogP contribution < -0.4 is 10.2 Å². The molecule has 4 rings (SSSR count). The topological polar surface area (TPSA) is 87.0 Å². The molecule has 0 unspecified atom stereocenters. The van der Waals surface area contributed by atoms with Gasteiger partial charge in [0.2, 0.25) is 0 Å². The first-order chi connectivity index (χ1) is 13.3. The van der Waals surface area contributed by atoms with Crippen LogP contribution >= 0.6 is 0 Å². The van der Waals surface area contributed by atoms with Crippen LogP contribution in [0.25, 0.3) is 11.1 Å². The number of pyridine rings is 1. The Morgan fingerprint density at radius 1 is 1.07 bits per heavy atom. The van der Waals surface area contributed by atoms with Gasteiger partial charge in [0.05, 0.1) is 13.2 Å². The highest BCUT2D eigenvalue weighted by molar-refractivity contribution is 5.89. The number of hydrogen-bond acceptors (Lipinski definition) is 7. The predicted molar refractivity (Wildman–Crippen MR) is 106 cm³/mol. The molecule has 2 aromatic heterocycles. The zero-order valence-corrected chi connectivity index (χ0v) is 14.8. The van der Waals surface area contributed by atoms with E-state index in [9.17, 15) is 0 Å². The number of nitrogens with zero attached hydrogens (tertiary/aromatic N) is 4. The average Bonchev–Trinajstić information content (AvgIpc) is 2.75. The van der Waals surface area contributed by atoms with Gasteiger partial charge in [0, 0.05) is 54.6 Å². The van der Waals surface area contributed by atoms with Crippen molar-refractivity contribution in [1.29, 1.82) is 5.41 Å². The lowest BCUT2D eigenvalue weighted by Crippen LogP contribution is -2.36. The van der Waals surface area contributed by atoms with Gasteiger partial charge >= 0.3 is 0 Å². The van der Waals surface area contributed by atoms with Crippen LogP contribution in [0.1, 0.15) is 5.56 Å². The summed E-state index contributed by atoms with van der Waals surface area (Å²) in [6.45, 7) is 3.05. The molecule has 7 heteroatoms. The van der Waals surface area contributed by atoms with E-state index in [1.807, 2.05) is 42.6 Å². The molecule has 0 aliphatic carbocycles. The van der Waals surface area contributed by atoms with E-state index >= 15 is 0 Å². The van der Waals surface area contributed by atoms with Crippen LogP contribution in [0.4, 0.5) is 17.3 Å². The Morgan fingerprint density at radius 3 is 2.74 bits per heavy atom. The summed E-state index contributed by atoms with van der Waals surface area (Å²) in [5.74, 6) is 1.56. The molecule has 0 saturated carbocycles. The van der Waals surface area contributed by atoms with Gasteiger partial charge in [0.25, 0.3) is 0 Å². The second-order valence-corrected chi connectivity index (χ2v) is 6.17. The first-order valence-corrected chi connectivity index (χ1v) is 8.80. The minimum atomic E-state index is 0.693. The third-order valence-corrected chi connectivity index (χ3v) is 4.45. The normalized spacial score (nSPS) is 14.0. The molecule has 136 valence electrons. The Bertz CT molecular complexity index is 925. The van der Waals surface area contributed by atoms with Crippen molar-refractivity contribution in [1.82, 2.24) is 15.0 Å². The minimum absolute atomic E-state index is 0.693. The molecule has 0 atom stereocenters. The number of ether oxygens (including phenoxy) is 1. The lowest BCUT2D eigenvalue weighted by atomic mass is 10.0. The summed E-state index contributed by atoms with van der Waals surface area (Å²) in [4.78, 5) is 15.1. The van der Waals surface area contributed by atoms with Crippen molar-refractivity contribution in [3.8, 4) is 11.1 Å². The fourth-order valence-corrected chi connectivity index (χ4v) is 3.02. The molecule has 0 bridgehead atoms. The summed E-state index contributed by atoms with van der Waals surface area (Å²) in [6, 6.07) is 11.8. The van der Waals surface area contributed by atoms with Crippen molar-refractivity contribution < 1.29 is 4.74 Å². The molecule has 27 heavy (non-hydrogen) atoms. The summed E-state index contributed by atoms with van der Waals surface area (Å²) in [7, 11) is 0. The van der Waals surface area contributed by atoms with Gasteiger partial charge in [0.1, 0.15) is 18.0 Å². The maximum absolute atomic E-state index is 7.70. The predicted octanol–water partition coefficient (Wildman–Crippen LogP) is 3.12. The van der Waals surface area contributed by atoms with Crippen molar-refractivity contribution in [2.24, 2.45) is 0 Å². The lowest BCUT2D eigenvalue weighted by Gasteiger charge is -2.27. The maximum Gasteiger partial charge on any atom is 0.135 e. The number of aromatic nitrogens is 3. The molecule has 2 N–H and O–H groups in total. The molecule has 3 aromatic rings. The highest BCUT2D eigenvalue weighted by atomic mass is 16.5. The first-order valence-electron chi connectivity index (χ1n) is 8.80. The SMILES string of the molecule is N=Cc1ccc(-c2cccnc2)cc1Nc1cc(N2CCOCC2)ncn1. The van der Waals surface area contributed by atoms with Gasteiger partial charge in [0.15, 0.2) is 0 Å². The number of rotatable bonds is 5. The van der Waals surface area contributed by atoms with Crippen molar-refractivity contribution in [2.75, 3.05) is 36.5 Å². The number of morpholine rings is 1. The molecule has 1 aliphatic rings. The fraction of sp³-hybridized carbons (Fsp3) is 0.200. The van der Waals surface area contributed by atoms with Gasteiger partial charge in [-0.05, 0) is 17.7 Å². The Balaban J connectivity index is 1.62. The Hall–Kier alpha value is -3.32. The van der Waals surface area contributed by atoms with Gasteiger partial charge in [-0.25, -0.2) is 9.97 Å². The van der Waals surface area contributed by atoms with Crippen LogP contribution in [-0.4, -0.2) is 47.5 Å². The second-order valence-electron chi connectivity index (χ2n) is 6.17. The van der Waals surface area contributed by atoms with E-state index in [0.717, 1.165) is 41.3 Å². The highest BCUT2D eigenvalue weighted by Gasteiger charge is 2.13. The van der Waals surface area contributed by atoms with E-state index in [1.165, 1.54) is 6.21 Å². The minimum Gasteiger partial charge on any atom is -0.378 e. The summed E-state index contributed by atoms with van der Waals surface area (Å²) < 4.78 is 5.40. The average molecular weight is 360 g/mol. The lowest BCUT2D eigenvalue weighted by molar-refractivity contribution is 0.122. The standard InChI is InChI=1S/C20H20N6O/c21-12-16-4-3-15(17-2-1-5-22-13-17)10-18(16)25-19-11-20(24-14-23-19)26-6-8-27-9-7-26/h1-5,10-14,21H,6-9H2,(H,23,24,25). The molecule has 3 heterocycles. The van der Waals surface area contributed by atoms with Crippen LogP contribution in [0.5, 0.6) is 0 Å². The van der Waals surface area contributed by atoms with Gasteiger partial charge in [-0.15, -0.1) is 0 Å². The number of hydrogen-bond donors (Lipinski definition) is 2. The van der Waals surface area contributed by atoms with E-state index in [2.05, 4.69) is 25.2 Å². The van der Waals surface area contributed by atoms with Gasteiger partial charge in [-0.1, -0.05) is 18.2 Å². The molecular weight excluding hydrogens is 340 g/mol. The highest BCUT2D eigenvalue weighted by Crippen LogP contribution is 2.27. The monoisotopic (exact) mass is 360 g/mol. The number of benzene rings is 1. The van der Waals surface area contributed by atoms with Crippen molar-refractivity contribution in [2.45, 2.75) is 0 Å². The van der Waals surface area contributed by atoms with E-state index in [0.29, 0.717) is 19.0 Å². The smallest absolute Gasteiger partial charge is 0.135 e. The Morgan fingerprint density at radius 2 is 1.96 bits per heavy atom. The molecule has 1 aromatic carbocycles. The molecule has 0 radical (unpaired) electrons. The van der Waals surface area contributed by atoms with Gasteiger partial charge < -0.3 is 20.4 Å².